The van der Waals surface area contributed by atoms with Crippen LogP contribution in [0.1, 0.15) is 47.2 Å². The van der Waals surface area contributed by atoms with Crippen LogP contribution in [0.4, 0.5) is 5.69 Å². The summed E-state index contributed by atoms with van der Waals surface area (Å²) in [6, 6.07) is 10.5. The van der Waals surface area contributed by atoms with E-state index in [9.17, 15) is 14.7 Å². The Kier molecular flexibility index (Phi) is 5.56. The lowest BCUT2D eigenvalue weighted by Gasteiger charge is -2.16. The summed E-state index contributed by atoms with van der Waals surface area (Å²) in [5, 5.41) is 12.4. The number of methoxy groups -OCH3 is 1. The molecule has 26 heavy (non-hydrogen) atoms. The predicted octanol–water partition coefficient (Wildman–Crippen LogP) is 3.88. The highest BCUT2D eigenvalue weighted by atomic mass is 16.5. The number of nitrogens with one attached hydrogen (secondary N) is 1. The minimum Gasteiger partial charge on any atom is -0.504 e. The fourth-order valence-corrected chi connectivity index (χ4v) is 3.27. The fourth-order valence-electron chi connectivity index (χ4n) is 3.27. The summed E-state index contributed by atoms with van der Waals surface area (Å²) in [6.45, 7) is 0. The number of anilines is 1. The molecule has 1 aliphatic rings. The number of hydrogen-bond acceptors (Lipinski definition) is 4. The molecule has 5 heteroatoms. The molecule has 3 rings (SSSR count). The van der Waals surface area contributed by atoms with Crippen molar-refractivity contribution in [3.8, 4) is 11.5 Å². The third-order valence-corrected chi connectivity index (χ3v) is 4.71. The average Bonchev–Trinajstić information content (AvgIpc) is 2.66. The van der Waals surface area contributed by atoms with Crippen molar-refractivity contribution in [1.29, 1.82) is 0 Å². The first kappa shape index (κ1) is 18.0. The Bertz CT molecular complexity index is 829. The zero-order chi connectivity index (χ0) is 18.5. The molecule has 0 aromatic heterocycles. The SMILES string of the molecule is COc1ccc(NC(=O)CCC(=O)c2ccc3c(c2)CCCC3)cc1O. The Morgan fingerprint density at radius 1 is 1.04 bits per heavy atom. The minimum absolute atomic E-state index is 0.0221. The average molecular weight is 353 g/mol. The van der Waals surface area contributed by atoms with Gasteiger partial charge >= 0.3 is 0 Å². The number of ketones is 1. The van der Waals surface area contributed by atoms with E-state index in [1.54, 1.807) is 12.1 Å². The highest BCUT2D eigenvalue weighted by molar-refractivity contribution is 6.00. The first-order valence-electron chi connectivity index (χ1n) is 8.88. The van der Waals surface area contributed by atoms with E-state index in [0.29, 0.717) is 17.0 Å². The van der Waals surface area contributed by atoms with Crippen LogP contribution in [-0.4, -0.2) is 23.9 Å². The van der Waals surface area contributed by atoms with E-state index in [2.05, 4.69) is 5.32 Å². The second-order valence-electron chi connectivity index (χ2n) is 6.55. The molecule has 0 atom stereocenters. The van der Waals surface area contributed by atoms with Crippen LogP contribution < -0.4 is 10.1 Å². The maximum atomic E-state index is 12.4. The molecule has 0 saturated heterocycles. The van der Waals surface area contributed by atoms with Gasteiger partial charge in [-0.3, -0.25) is 9.59 Å². The largest absolute Gasteiger partial charge is 0.504 e. The minimum atomic E-state index is -0.263. The molecule has 0 fully saturated rings. The van der Waals surface area contributed by atoms with E-state index in [1.165, 1.54) is 37.1 Å². The highest BCUT2D eigenvalue weighted by Gasteiger charge is 2.14. The van der Waals surface area contributed by atoms with Gasteiger partial charge in [0.1, 0.15) is 0 Å². The number of aryl methyl sites for hydroxylation is 2. The van der Waals surface area contributed by atoms with Crippen molar-refractivity contribution in [3.63, 3.8) is 0 Å². The van der Waals surface area contributed by atoms with Gasteiger partial charge in [0.25, 0.3) is 0 Å². The molecule has 5 nitrogen and oxygen atoms in total. The number of amides is 1. The Balaban J connectivity index is 1.55. The van der Waals surface area contributed by atoms with Gasteiger partial charge in [-0.05, 0) is 55.0 Å². The second-order valence-corrected chi connectivity index (χ2v) is 6.55. The monoisotopic (exact) mass is 353 g/mol. The molecule has 0 bridgehead atoms. The van der Waals surface area contributed by atoms with Gasteiger partial charge in [-0.1, -0.05) is 12.1 Å². The van der Waals surface area contributed by atoms with Crippen LogP contribution in [0.3, 0.4) is 0 Å². The lowest BCUT2D eigenvalue weighted by molar-refractivity contribution is -0.116. The molecule has 2 N–H and O–H groups in total. The van der Waals surface area contributed by atoms with E-state index < -0.39 is 0 Å². The van der Waals surface area contributed by atoms with Gasteiger partial charge in [0, 0.05) is 30.2 Å². The zero-order valence-electron chi connectivity index (χ0n) is 14.9. The molecule has 0 unspecified atom stereocenters. The van der Waals surface area contributed by atoms with E-state index in [4.69, 9.17) is 4.74 Å². The lowest BCUT2D eigenvalue weighted by Crippen LogP contribution is -2.14. The van der Waals surface area contributed by atoms with Crippen LogP contribution in [0.15, 0.2) is 36.4 Å². The van der Waals surface area contributed by atoms with Crippen LogP contribution in [-0.2, 0) is 17.6 Å². The number of aromatic hydroxyl groups is 1. The maximum Gasteiger partial charge on any atom is 0.224 e. The zero-order valence-corrected chi connectivity index (χ0v) is 14.9. The normalized spacial score (nSPS) is 13.0. The molecule has 0 radical (unpaired) electrons. The van der Waals surface area contributed by atoms with Crippen molar-refractivity contribution in [3.05, 3.63) is 53.1 Å². The van der Waals surface area contributed by atoms with Crippen molar-refractivity contribution in [2.24, 2.45) is 0 Å². The molecule has 136 valence electrons. The second kappa shape index (κ2) is 8.04. The molecular formula is C21H23NO4. The summed E-state index contributed by atoms with van der Waals surface area (Å²) in [5.41, 5.74) is 3.75. The molecule has 0 saturated carbocycles. The quantitative estimate of drug-likeness (QED) is 0.773. The Morgan fingerprint density at radius 2 is 1.81 bits per heavy atom. The van der Waals surface area contributed by atoms with Crippen LogP contribution >= 0.6 is 0 Å². The fraction of sp³-hybridized carbons (Fsp3) is 0.333. The van der Waals surface area contributed by atoms with Crippen molar-refractivity contribution >= 4 is 17.4 Å². The van der Waals surface area contributed by atoms with Gasteiger partial charge in [-0.2, -0.15) is 0 Å². The summed E-state index contributed by atoms with van der Waals surface area (Å²) in [6.07, 6.45) is 4.75. The van der Waals surface area contributed by atoms with Gasteiger partial charge in [-0.25, -0.2) is 0 Å². The highest BCUT2D eigenvalue weighted by Crippen LogP contribution is 2.28. The standard InChI is InChI=1S/C21H23NO4/c1-26-20-10-8-17(13-19(20)24)22-21(25)11-9-18(23)16-7-6-14-4-2-3-5-15(14)12-16/h6-8,10,12-13,24H,2-5,9,11H2,1H3,(H,22,25). The molecule has 0 aliphatic heterocycles. The number of fused-ring (bicyclic) bond motifs is 1. The van der Waals surface area contributed by atoms with Crippen molar-refractivity contribution in [2.45, 2.75) is 38.5 Å². The van der Waals surface area contributed by atoms with E-state index >= 15 is 0 Å². The molecule has 0 spiro atoms. The maximum absolute atomic E-state index is 12.4. The summed E-state index contributed by atoms with van der Waals surface area (Å²) in [4.78, 5) is 24.5. The number of hydrogen-bond donors (Lipinski definition) is 2. The first-order chi connectivity index (χ1) is 12.6. The molecule has 0 heterocycles. The summed E-state index contributed by atoms with van der Waals surface area (Å²) in [5.74, 6) is 0.00741. The van der Waals surface area contributed by atoms with E-state index in [-0.39, 0.29) is 30.3 Å². The number of benzene rings is 2. The number of carbonyl (C=O) groups is 2. The number of rotatable bonds is 6. The van der Waals surface area contributed by atoms with Crippen LogP contribution in [0.25, 0.3) is 0 Å². The lowest BCUT2D eigenvalue weighted by atomic mass is 9.89. The third-order valence-electron chi connectivity index (χ3n) is 4.71. The Morgan fingerprint density at radius 3 is 2.54 bits per heavy atom. The predicted molar refractivity (Wildman–Crippen MR) is 99.9 cm³/mol. The van der Waals surface area contributed by atoms with Gasteiger partial charge < -0.3 is 15.2 Å². The third kappa shape index (κ3) is 4.23. The van der Waals surface area contributed by atoms with Gasteiger partial charge in [0.2, 0.25) is 5.91 Å². The van der Waals surface area contributed by atoms with Gasteiger partial charge in [0.15, 0.2) is 17.3 Å². The molecule has 2 aromatic rings. The van der Waals surface area contributed by atoms with Gasteiger partial charge in [-0.15, -0.1) is 0 Å². The van der Waals surface area contributed by atoms with E-state index in [1.807, 2.05) is 18.2 Å². The number of phenols is 1. The Labute approximate surface area is 153 Å². The summed E-state index contributed by atoms with van der Waals surface area (Å²) < 4.78 is 4.96. The topological polar surface area (TPSA) is 75.6 Å². The van der Waals surface area contributed by atoms with Crippen molar-refractivity contribution in [1.82, 2.24) is 0 Å². The van der Waals surface area contributed by atoms with Crippen LogP contribution in [0, 0.1) is 0 Å². The number of Topliss-reactive ketones (excluding diaryl/α,β-unsaturated/α-hetero) is 1. The Hall–Kier alpha value is -2.82. The summed E-state index contributed by atoms with van der Waals surface area (Å²) in [7, 11) is 1.46. The molecule has 1 aliphatic carbocycles. The smallest absolute Gasteiger partial charge is 0.224 e. The number of carbonyl (C=O) groups excluding carboxylic acids is 2. The molecule has 1 amide bonds. The molecular weight excluding hydrogens is 330 g/mol. The van der Waals surface area contributed by atoms with Crippen LogP contribution in [0.2, 0.25) is 0 Å². The van der Waals surface area contributed by atoms with Crippen LogP contribution in [0.5, 0.6) is 11.5 Å². The van der Waals surface area contributed by atoms with E-state index in [0.717, 1.165) is 12.8 Å². The summed E-state index contributed by atoms with van der Waals surface area (Å²) >= 11 is 0. The number of phenolic OH excluding ortho intramolecular Hbond substituents is 1. The van der Waals surface area contributed by atoms with Gasteiger partial charge in [0.05, 0.1) is 7.11 Å². The first-order valence-corrected chi connectivity index (χ1v) is 8.88. The number of ether oxygens (including phenoxy) is 1. The van der Waals surface area contributed by atoms with Crippen molar-refractivity contribution < 1.29 is 19.4 Å². The van der Waals surface area contributed by atoms with Crippen molar-refractivity contribution in [2.75, 3.05) is 12.4 Å². The molecule has 2 aromatic carbocycles.